The summed E-state index contributed by atoms with van der Waals surface area (Å²) in [5.41, 5.74) is 5.68. The van der Waals surface area contributed by atoms with Crippen molar-refractivity contribution in [1.82, 2.24) is 10.7 Å². The van der Waals surface area contributed by atoms with Gasteiger partial charge in [0.2, 0.25) is 0 Å². The molecule has 0 bridgehead atoms. The van der Waals surface area contributed by atoms with Crippen molar-refractivity contribution < 1.29 is 14.3 Å². The largest absolute Gasteiger partial charge is 0.493 e. The van der Waals surface area contributed by atoms with Crippen LogP contribution in [0.5, 0.6) is 11.5 Å². The van der Waals surface area contributed by atoms with E-state index in [1.54, 1.807) is 14.2 Å². The third-order valence-electron chi connectivity index (χ3n) is 6.43. The van der Waals surface area contributed by atoms with E-state index in [-0.39, 0.29) is 17.5 Å². The predicted molar refractivity (Wildman–Crippen MR) is 122 cm³/mol. The maximum Gasteiger partial charge on any atom is 0.339 e. The fourth-order valence-corrected chi connectivity index (χ4v) is 5.01. The van der Waals surface area contributed by atoms with E-state index in [1.165, 1.54) is 5.56 Å². The molecule has 7 nitrogen and oxygen atoms in total. The van der Waals surface area contributed by atoms with E-state index >= 15 is 0 Å². The number of urea groups is 1. The van der Waals surface area contributed by atoms with Crippen molar-refractivity contribution in [2.24, 2.45) is 5.10 Å². The summed E-state index contributed by atoms with van der Waals surface area (Å²) in [7, 11) is 3.33. The van der Waals surface area contributed by atoms with Crippen LogP contribution >= 0.6 is 0 Å². The Morgan fingerprint density at radius 3 is 2.65 bits per heavy atom. The Balaban J connectivity index is 1.48. The third kappa shape index (κ3) is 4.37. The first kappa shape index (κ1) is 21.2. The van der Waals surface area contributed by atoms with Crippen molar-refractivity contribution in [3.63, 3.8) is 0 Å². The summed E-state index contributed by atoms with van der Waals surface area (Å²) in [6.07, 6.45) is 3.66. The number of benzene rings is 2. The SMILES string of the molecule is COc1ccc([C@]23CCC(=NNC(=O)Nc4ccccc4)CC2NC(C)C3)cc1OC. The van der Waals surface area contributed by atoms with E-state index in [0.29, 0.717) is 6.04 Å². The fourth-order valence-electron chi connectivity index (χ4n) is 5.01. The Hall–Kier alpha value is -3.06. The Labute approximate surface area is 183 Å². The van der Waals surface area contributed by atoms with Crippen LogP contribution < -0.4 is 25.5 Å². The van der Waals surface area contributed by atoms with Crippen molar-refractivity contribution in [2.75, 3.05) is 19.5 Å². The number of rotatable bonds is 5. The lowest BCUT2D eigenvalue weighted by atomic mass is 9.65. The van der Waals surface area contributed by atoms with Crippen LogP contribution in [0, 0.1) is 0 Å². The number of methoxy groups -OCH3 is 2. The molecule has 7 heteroatoms. The van der Waals surface area contributed by atoms with E-state index in [0.717, 1.165) is 48.6 Å². The normalized spacial score (nSPS) is 26.2. The second-order valence-corrected chi connectivity index (χ2v) is 8.36. The van der Waals surface area contributed by atoms with E-state index in [2.05, 4.69) is 40.2 Å². The zero-order valence-electron chi connectivity index (χ0n) is 18.3. The molecule has 31 heavy (non-hydrogen) atoms. The van der Waals surface area contributed by atoms with Crippen molar-refractivity contribution in [1.29, 1.82) is 0 Å². The van der Waals surface area contributed by atoms with Crippen LogP contribution in [0.1, 0.15) is 38.2 Å². The van der Waals surface area contributed by atoms with E-state index in [9.17, 15) is 4.79 Å². The highest BCUT2D eigenvalue weighted by Crippen LogP contribution is 2.48. The highest BCUT2D eigenvalue weighted by atomic mass is 16.5. The van der Waals surface area contributed by atoms with Gasteiger partial charge in [0.05, 0.1) is 14.2 Å². The zero-order valence-corrected chi connectivity index (χ0v) is 18.3. The summed E-state index contributed by atoms with van der Waals surface area (Å²) in [5, 5.41) is 11.0. The lowest BCUT2D eigenvalue weighted by molar-refractivity contribution is 0.252. The van der Waals surface area contributed by atoms with Gasteiger partial charge in [0, 0.05) is 35.3 Å². The molecule has 0 radical (unpaired) electrons. The molecule has 4 rings (SSSR count). The molecule has 3 atom stereocenters. The molecule has 1 saturated heterocycles. The van der Waals surface area contributed by atoms with Crippen LogP contribution in [-0.2, 0) is 5.41 Å². The highest BCUT2D eigenvalue weighted by Gasteiger charge is 2.49. The fraction of sp³-hybridized carbons (Fsp3) is 0.417. The first-order chi connectivity index (χ1) is 15.0. The van der Waals surface area contributed by atoms with Gasteiger partial charge in [-0.15, -0.1) is 0 Å². The summed E-state index contributed by atoms with van der Waals surface area (Å²) in [5.74, 6) is 1.50. The second kappa shape index (κ2) is 8.98. The predicted octanol–water partition coefficient (Wildman–Crippen LogP) is 4.05. The van der Waals surface area contributed by atoms with Gasteiger partial charge in [-0.3, -0.25) is 0 Å². The molecular weight excluding hydrogens is 392 g/mol. The molecule has 2 amide bonds. The number of carbonyl (C=O) groups is 1. The second-order valence-electron chi connectivity index (χ2n) is 8.36. The maximum absolute atomic E-state index is 12.2. The molecule has 0 aromatic heterocycles. The number of amides is 2. The molecule has 2 aromatic carbocycles. The van der Waals surface area contributed by atoms with Crippen LogP contribution in [0.3, 0.4) is 0 Å². The van der Waals surface area contributed by atoms with Crippen LogP contribution in [0.2, 0.25) is 0 Å². The van der Waals surface area contributed by atoms with Gasteiger partial charge >= 0.3 is 6.03 Å². The van der Waals surface area contributed by atoms with Crippen molar-refractivity contribution in [2.45, 2.75) is 50.1 Å². The first-order valence-electron chi connectivity index (χ1n) is 10.7. The molecule has 2 aromatic rings. The lowest BCUT2D eigenvalue weighted by Gasteiger charge is -2.40. The molecule has 1 aliphatic carbocycles. The molecule has 1 saturated carbocycles. The topological polar surface area (TPSA) is 84.0 Å². The molecular formula is C24H30N4O3. The average Bonchev–Trinajstić information content (AvgIpc) is 3.14. The zero-order chi connectivity index (χ0) is 21.8. The van der Waals surface area contributed by atoms with Crippen molar-refractivity contribution in [3.8, 4) is 11.5 Å². The summed E-state index contributed by atoms with van der Waals surface area (Å²) in [6, 6.07) is 15.9. The Morgan fingerprint density at radius 1 is 1.13 bits per heavy atom. The van der Waals surface area contributed by atoms with E-state index in [1.807, 2.05) is 36.4 Å². The summed E-state index contributed by atoms with van der Waals surface area (Å²) in [4.78, 5) is 12.2. The minimum absolute atomic E-state index is 0.0181. The molecule has 2 unspecified atom stereocenters. The summed E-state index contributed by atoms with van der Waals surface area (Å²) >= 11 is 0. The molecule has 1 aliphatic heterocycles. The monoisotopic (exact) mass is 422 g/mol. The van der Waals surface area contributed by atoms with Gasteiger partial charge < -0.3 is 20.1 Å². The molecule has 0 spiro atoms. The van der Waals surface area contributed by atoms with Gasteiger partial charge in [0.15, 0.2) is 11.5 Å². The number of hydrogen-bond acceptors (Lipinski definition) is 5. The minimum atomic E-state index is -0.330. The maximum atomic E-state index is 12.2. The Bertz CT molecular complexity index is 963. The van der Waals surface area contributed by atoms with Gasteiger partial charge in [0.1, 0.15) is 0 Å². The molecule has 2 aliphatic rings. The number of hydrazone groups is 1. The number of fused-ring (bicyclic) bond motifs is 1. The van der Waals surface area contributed by atoms with Crippen LogP contribution in [-0.4, -0.2) is 38.0 Å². The van der Waals surface area contributed by atoms with Gasteiger partial charge in [-0.25, -0.2) is 10.2 Å². The quantitative estimate of drug-likeness (QED) is 0.635. The number of carbonyl (C=O) groups excluding carboxylic acids is 1. The minimum Gasteiger partial charge on any atom is -0.493 e. The van der Waals surface area contributed by atoms with E-state index in [4.69, 9.17) is 9.47 Å². The average molecular weight is 423 g/mol. The van der Waals surface area contributed by atoms with Crippen LogP contribution in [0.15, 0.2) is 53.6 Å². The third-order valence-corrected chi connectivity index (χ3v) is 6.43. The van der Waals surface area contributed by atoms with Crippen LogP contribution in [0.25, 0.3) is 0 Å². The van der Waals surface area contributed by atoms with Crippen LogP contribution in [0.4, 0.5) is 10.5 Å². The van der Waals surface area contributed by atoms with Crippen molar-refractivity contribution in [3.05, 3.63) is 54.1 Å². The summed E-state index contributed by atoms with van der Waals surface area (Å²) in [6.45, 7) is 2.23. The van der Waals surface area contributed by atoms with Gasteiger partial charge in [-0.2, -0.15) is 5.10 Å². The number of nitrogens with zero attached hydrogens (tertiary/aromatic N) is 1. The number of hydrogen-bond donors (Lipinski definition) is 3. The standard InChI is InChI=1S/C24H30N4O3/c1-16-15-24(17-9-10-20(30-2)21(13-17)31-3)12-11-19(14-22(24)25-16)27-28-23(29)26-18-7-5-4-6-8-18/h4-10,13,16,22,25H,11-12,14-15H2,1-3H3,(H2,26,28,29)/t16?,22?,24-/m1/s1. The molecule has 3 N–H and O–H groups in total. The van der Waals surface area contributed by atoms with Gasteiger partial charge in [-0.1, -0.05) is 24.3 Å². The number of para-hydroxylation sites is 1. The van der Waals surface area contributed by atoms with E-state index < -0.39 is 0 Å². The summed E-state index contributed by atoms with van der Waals surface area (Å²) < 4.78 is 11.0. The number of ether oxygens (including phenoxy) is 2. The van der Waals surface area contributed by atoms with Crippen molar-refractivity contribution >= 4 is 17.4 Å². The first-order valence-corrected chi connectivity index (χ1v) is 10.7. The van der Waals surface area contributed by atoms with Gasteiger partial charge in [-0.05, 0) is 56.0 Å². The van der Waals surface area contributed by atoms with Gasteiger partial charge in [0.25, 0.3) is 0 Å². The Morgan fingerprint density at radius 2 is 1.90 bits per heavy atom. The molecule has 2 fully saturated rings. The highest BCUT2D eigenvalue weighted by molar-refractivity contribution is 5.92. The lowest BCUT2D eigenvalue weighted by Crippen LogP contribution is -2.46. The number of anilines is 1. The number of nitrogens with one attached hydrogen (secondary N) is 3. The molecule has 164 valence electrons. The Kier molecular flexibility index (Phi) is 6.13. The smallest absolute Gasteiger partial charge is 0.339 e. The molecule has 1 heterocycles.